The van der Waals surface area contributed by atoms with E-state index in [1.54, 1.807) is 6.21 Å². The summed E-state index contributed by atoms with van der Waals surface area (Å²) in [6.45, 7) is 2.88. The van der Waals surface area contributed by atoms with Crippen LogP contribution < -0.4 is 10.5 Å². The van der Waals surface area contributed by atoms with Gasteiger partial charge in [0.05, 0.1) is 12.8 Å². The molecule has 5 heteroatoms. The van der Waals surface area contributed by atoms with E-state index in [1.807, 2.05) is 30.5 Å². The lowest BCUT2D eigenvalue weighted by atomic mass is 10.2. The maximum atomic E-state index is 5.61. The number of rotatable bonds is 6. The number of nitrogens with zero attached hydrogens (tertiary/aromatic N) is 2. The molecule has 0 radical (unpaired) electrons. The highest BCUT2D eigenvalue weighted by atomic mass is 32.2. The second kappa shape index (κ2) is 8.58. The molecule has 0 aliphatic rings. The molecule has 2 N–H and O–H groups in total. The molecule has 1 aromatic rings. The number of benzene rings is 1. The Balaban J connectivity index is 2.59. The van der Waals surface area contributed by atoms with Gasteiger partial charge in [-0.15, -0.1) is 5.10 Å². The Labute approximate surface area is 112 Å². The Morgan fingerprint density at radius 2 is 2.33 bits per heavy atom. The van der Waals surface area contributed by atoms with Gasteiger partial charge in [-0.2, -0.15) is 5.10 Å². The molecule has 0 atom stereocenters. The second-order valence-corrected chi connectivity index (χ2v) is 4.49. The van der Waals surface area contributed by atoms with Crippen LogP contribution in [0.25, 0.3) is 0 Å². The number of unbranched alkanes of at least 4 members (excludes halogenated alkanes) is 1. The number of amidine groups is 1. The van der Waals surface area contributed by atoms with Gasteiger partial charge in [-0.05, 0) is 30.4 Å². The van der Waals surface area contributed by atoms with Crippen molar-refractivity contribution >= 4 is 23.1 Å². The third kappa shape index (κ3) is 5.72. The number of nitrogens with two attached hydrogens (primary N) is 1. The fourth-order valence-corrected chi connectivity index (χ4v) is 1.34. The fraction of sp³-hybridized carbons (Fsp3) is 0.385. The van der Waals surface area contributed by atoms with Gasteiger partial charge in [-0.3, -0.25) is 0 Å². The van der Waals surface area contributed by atoms with Crippen LogP contribution in [0.4, 0.5) is 0 Å². The van der Waals surface area contributed by atoms with Crippen LogP contribution >= 0.6 is 11.8 Å². The van der Waals surface area contributed by atoms with Crippen LogP contribution in [0.5, 0.6) is 5.75 Å². The summed E-state index contributed by atoms with van der Waals surface area (Å²) >= 11 is 1.37. The molecule has 0 aliphatic carbocycles. The van der Waals surface area contributed by atoms with E-state index in [0.29, 0.717) is 5.17 Å². The summed E-state index contributed by atoms with van der Waals surface area (Å²) in [4.78, 5) is 0. The first-order chi connectivity index (χ1) is 8.76. The quantitative estimate of drug-likeness (QED) is 0.372. The van der Waals surface area contributed by atoms with Crippen molar-refractivity contribution in [3.8, 4) is 5.75 Å². The van der Waals surface area contributed by atoms with E-state index < -0.39 is 0 Å². The van der Waals surface area contributed by atoms with E-state index in [9.17, 15) is 0 Å². The van der Waals surface area contributed by atoms with E-state index in [4.69, 9.17) is 10.5 Å². The molecule has 0 spiro atoms. The molecule has 0 fully saturated rings. The zero-order chi connectivity index (χ0) is 13.2. The molecule has 4 nitrogen and oxygen atoms in total. The van der Waals surface area contributed by atoms with Crippen LogP contribution in [0.3, 0.4) is 0 Å². The largest absolute Gasteiger partial charge is 0.494 e. The van der Waals surface area contributed by atoms with Gasteiger partial charge < -0.3 is 10.5 Å². The van der Waals surface area contributed by atoms with E-state index in [1.165, 1.54) is 11.8 Å². The molecule has 0 unspecified atom stereocenters. The highest BCUT2D eigenvalue weighted by molar-refractivity contribution is 8.13. The van der Waals surface area contributed by atoms with Crippen molar-refractivity contribution in [2.45, 2.75) is 19.8 Å². The molecular weight excluding hydrogens is 246 g/mol. The number of thioether (sulfide) groups is 1. The Bertz CT molecular complexity index is 418. The van der Waals surface area contributed by atoms with Gasteiger partial charge in [0.2, 0.25) is 0 Å². The summed E-state index contributed by atoms with van der Waals surface area (Å²) in [6, 6.07) is 7.75. The van der Waals surface area contributed by atoms with E-state index in [2.05, 4.69) is 17.1 Å². The molecule has 1 rings (SSSR count). The SMILES string of the molecule is CCCCOc1cccc(/C=N\N=C(/N)SC)c1. The van der Waals surface area contributed by atoms with Crippen molar-refractivity contribution in [2.75, 3.05) is 12.9 Å². The molecule has 0 bridgehead atoms. The zero-order valence-electron chi connectivity index (χ0n) is 10.8. The van der Waals surface area contributed by atoms with Crippen LogP contribution in [0, 0.1) is 0 Å². The highest BCUT2D eigenvalue weighted by Gasteiger charge is 1.94. The normalized spacial score (nSPS) is 12.0. The van der Waals surface area contributed by atoms with Gasteiger partial charge in [0.1, 0.15) is 5.75 Å². The monoisotopic (exact) mass is 265 g/mol. The first-order valence-corrected chi connectivity index (χ1v) is 7.12. The molecular formula is C13H19N3OS. The average molecular weight is 265 g/mol. The third-order valence-electron chi connectivity index (χ3n) is 2.20. The zero-order valence-corrected chi connectivity index (χ0v) is 11.6. The number of hydrogen-bond acceptors (Lipinski definition) is 4. The van der Waals surface area contributed by atoms with Crippen LogP contribution in [-0.2, 0) is 0 Å². The minimum Gasteiger partial charge on any atom is -0.494 e. The van der Waals surface area contributed by atoms with Crippen LogP contribution in [-0.4, -0.2) is 24.2 Å². The predicted octanol–water partition coefficient (Wildman–Crippen LogP) is 2.88. The molecule has 18 heavy (non-hydrogen) atoms. The minimum atomic E-state index is 0.446. The van der Waals surface area contributed by atoms with Crippen molar-refractivity contribution in [3.63, 3.8) is 0 Å². The Hall–Kier alpha value is -1.49. The summed E-state index contributed by atoms with van der Waals surface area (Å²) in [5.74, 6) is 0.856. The molecule has 0 aliphatic heterocycles. The first kappa shape index (κ1) is 14.6. The lowest BCUT2D eigenvalue weighted by Crippen LogP contribution is -2.03. The van der Waals surface area contributed by atoms with Gasteiger partial charge in [-0.1, -0.05) is 37.2 Å². The molecule has 1 aromatic carbocycles. The summed E-state index contributed by atoms with van der Waals surface area (Å²) in [6.07, 6.45) is 5.71. The van der Waals surface area contributed by atoms with Crippen molar-refractivity contribution in [2.24, 2.45) is 15.9 Å². The van der Waals surface area contributed by atoms with Crippen molar-refractivity contribution in [3.05, 3.63) is 29.8 Å². The molecule has 0 amide bonds. The Morgan fingerprint density at radius 3 is 3.06 bits per heavy atom. The standard InChI is InChI=1S/C13H19N3OS/c1-3-4-8-17-12-7-5-6-11(9-12)10-15-16-13(14)18-2/h5-7,9-10H,3-4,8H2,1-2H3,(H2,14,16)/b15-10-. The highest BCUT2D eigenvalue weighted by Crippen LogP contribution is 2.12. The summed E-state index contributed by atoms with van der Waals surface area (Å²) in [5, 5.41) is 8.19. The first-order valence-electron chi connectivity index (χ1n) is 5.89. The molecule has 0 saturated heterocycles. The Morgan fingerprint density at radius 1 is 1.50 bits per heavy atom. The summed E-state index contributed by atoms with van der Waals surface area (Å²) in [7, 11) is 0. The number of ether oxygens (including phenoxy) is 1. The van der Waals surface area contributed by atoms with E-state index in [0.717, 1.165) is 30.8 Å². The third-order valence-corrected chi connectivity index (χ3v) is 2.70. The van der Waals surface area contributed by atoms with Gasteiger partial charge in [0, 0.05) is 0 Å². The second-order valence-electron chi connectivity index (χ2n) is 3.66. The van der Waals surface area contributed by atoms with E-state index in [-0.39, 0.29) is 0 Å². The fourth-order valence-electron chi connectivity index (χ4n) is 1.21. The molecule has 0 saturated carbocycles. The maximum Gasteiger partial charge on any atom is 0.180 e. The summed E-state index contributed by atoms with van der Waals surface area (Å²) < 4.78 is 5.61. The van der Waals surface area contributed by atoms with Crippen LogP contribution in [0.1, 0.15) is 25.3 Å². The molecule has 98 valence electrons. The molecule has 0 aromatic heterocycles. The average Bonchev–Trinajstić information content (AvgIpc) is 2.39. The van der Waals surface area contributed by atoms with Gasteiger partial charge in [0.25, 0.3) is 0 Å². The lowest BCUT2D eigenvalue weighted by molar-refractivity contribution is 0.309. The summed E-state index contributed by atoms with van der Waals surface area (Å²) in [5.41, 5.74) is 6.47. The topological polar surface area (TPSA) is 60.0 Å². The lowest BCUT2D eigenvalue weighted by Gasteiger charge is -2.05. The van der Waals surface area contributed by atoms with Crippen molar-refractivity contribution in [1.29, 1.82) is 0 Å². The van der Waals surface area contributed by atoms with Gasteiger partial charge >= 0.3 is 0 Å². The van der Waals surface area contributed by atoms with Crippen LogP contribution in [0.15, 0.2) is 34.5 Å². The van der Waals surface area contributed by atoms with Crippen molar-refractivity contribution < 1.29 is 4.74 Å². The van der Waals surface area contributed by atoms with Crippen LogP contribution in [0.2, 0.25) is 0 Å². The van der Waals surface area contributed by atoms with Crippen molar-refractivity contribution in [1.82, 2.24) is 0 Å². The minimum absolute atomic E-state index is 0.446. The smallest absolute Gasteiger partial charge is 0.180 e. The number of hydrogen-bond donors (Lipinski definition) is 1. The molecule has 0 heterocycles. The Kier molecular flexibility index (Phi) is 6.94. The predicted molar refractivity (Wildman–Crippen MR) is 79.6 cm³/mol. The van der Waals surface area contributed by atoms with Gasteiger partial charge in [-0.25, -0.2) is 0 Å². The van der Waals surface area contributed by atoms with Gasteiger partial charge in [0.15, 0.2) is 5.17 Å². The van der Waals surface area contributed by atoms with E-state index >= 15 is 0 Å². The maximum absolute atomic E-state index is 5.61.